The molecule has 2 aromatic carbocycles. The number of anilines is 3. The highest BCUT2D eigenvalue weighted by Gasteiger charge is 2.38. The second-order valence-corrected chi connectivity index (χ2v) is 12.9. The predicted molar refractivity (Wildman–Crippen MR) is 196 cm³/mol. The van der Waals surface area contributed by atoms with E-state index < -0.39 is 28.8 Å². The van der Waals surface area contributed by atoms with Gasteiger partial charge in [-0.25, -0.2) is 19.9 Å². The number of nitrogens with zero attached hydrogens (tertiary/aromatic N) is 8. The van der Waals surface area contributed by atoms with Crippen molar-refractivity contribution >= 4 is 29.1 Å². The molecule has 3 aromatic heterocycles. The Morgan fingerprint density at radius 3 is 2.50 bits per heavy atom. The summed E-state index contributed by atoms with van der Waals surface area (Å²) in [5, 5.41) is 30.4. The van der Waals surface area contributed by atoms with Crippen molar-refractivity contribution in [1.29, 1.82) is 10.5 Å². The van der Waals surface area contributed by atoms with Crippen LogP contribution in [0.4, 0.5) is 30.5 Å². The summed E-state index contributed by atoms with van der Waals surface area (Å²) >= 11 is 0. The van der Waals surface area contributed by atoms with Gasteiger partial charge in [0.2, 0.25) is 5.91 Å². The highest BCUT2D eigenvalue weighted by Crippen LogP contribution is 2.34. The lowest BCUT2D eigenvalue weighted by Gasteiger charge is -2.29. The monoisotopic (exact) mass is 765 g/mol. The number of aromatic amines is 1. The molecule has 0 spiro atoms. The zero-order chi connectivity index (χ0) is 39.9. The van der Waals surface area contributed by atoms with Crippen molar-refractivity contribution in [3.05, 3.63) is 89.5 Å². The standard InChI is InChI=1S/C38H34F3N11O4/c1-23-28(12-13-30(48-23)33-46-22-47-51-33)31-19-44-34-35(50-31)52(32(53)20-45-34)14-4-3-5-15-56-37(2,21-55-27-10-6-24(17-42)7-11-27)36(54)49-26-9-8-25(18-43)29(16-26)38(39,40)41/h6-13,16,19,22H,3-5,14-15,20-21H2,1-2H3,(H,44,45)(H,49,54)(H,46,47,51)/t37-/m0/s1. The zero-order valence-electron chi connectivity index (χ0n) is 30.1. The Bertz CT molecular complexity index is 2310. The molecule has 1 aliphatic rings. The first-order valence-corrected chi connectivity index (χ1v) is 17.3. The molecule has 0 fully saturated rings. The second kappa shape index (κ2) is 16.6. The van der Waals surface area contributed by atoms with Crippen LogP contribution in [0.2, 0.25) is 0 Å². The Kier molecular flexibility index (Phi) is 11.5. The first-order chi connectivity index (χ1) is 26.9. The van der Waals surface area contributed by atoms with Gasteiger partial charge >= 0.3 is 6.18 Å². The van der Waals surface area contributed by atoms with E-state index in [9.17, 15) is 22.8 Å². The summed E-state index contributed by atoms with van der Waals surface area (Å²) in [5.74, 6) is 0.754. The van der Waals surface area contributed by atoms with E-state index in [4.69, 9.17) is 25.0 Å². The van der Waals surface area contributed by atoms with E-state index in [1.54, 1.807) is 29.3 Å². The number of rotatable bonds is 14. The normalized spacial score (nSPS) is 13.5. The number of hydrogen-bond donors (Lipinski definition) is 3. The van der Waals surface area contributed by atoms with Crippen molar-refractivity contribution in [1.82, 2.24) is 30.1 Å². The van der Waals surface area contributed by atoms with Crippen LogP contribution in [-0.4, -0.2) is 73.9 Å². The third-order valence-electron chi connectivity index (χ3n) is 8.87. The molecule has 15 nitrogen and oxygen atoms in total. The molecule has 3 N–H and O–H groups in total. The van der Waals surface area contributed by atoms with Gasteiger partial charge < -0.3 is 20.1 Å². The van der Waals surface area contributed by atoms with Gasteiger partial charge in [-0.05, 0) is 87.7 Å². The first-order valence-electron chi connectivity index (χ1n) is 17.3. The summed E-state index contributed by atoms with van der Waals surface area (Å²) in [6.45, 7) is 3.40. The van der Waals surface area contributed by atoms with E-state index in [2.05, 4.69) is 35.8 Å². The van der Waals surface area contributed by atoms with Crippen LogP contribution in [0.1, 0.15) is 48.6 Å². The molecule has 0 aliphatic carbocycles. The largest absolute Gasteiger partial charge is 0.490 e. The quantitative estimate of drug-likeness (QED) is 0.114. The summed E-state index contributed by atoms with van der Waals surface area (Å²) in [6.07, 6.45) is -0.235. The lowest BCUT2D eigenvalue weighted by Crippen LogP contribution is -2.48. The number of pyridine rings is 1. The average Bonchev–Trinajstić information content (AvgIpc) is 3.74. The smallest absolute Gasteiger partial charge is 0.417 e. The van der Waals surface area contributed by atoms with E-state index in [1.807, 2.05) is 19.1 Å². The number of aromatic nitrogens is 6. The predicted octanol–water partition coefficient (Wildman–Crippen LogP) is 5.82. The van der Waals surface area contributed by atoms with Crippen LogP contribution >= 0.6 is 0 Å². The topological polar surface area (TPSA) is 208 Å². The lowest BCUT2D eigenvalue weighted by atomic mass is 10.0. The summed E-state index contributed by atoms with van der Waals surface area (Å²) in [7, 11) is 0. The second-order valence-electron chi connectivity index (χ2n) is 12.9. The molecule has 0 saturated heterocycles. The fourth-order valence-electron chi connectivity index (χ4n) is 5.80. The Hall–Kier alpha value is -6.92. The molecule has 5 aromatic rings. The van der Waals surface area contributed by atoms with Crippen LogP contribution < -0.4 is 20.3 Å². The van der Waals surface area contributed by atoms with Gasteiger partial charge in [-0.3, -0.25) is 19.6 Å². The molecule has 56 heavy (non-hydrogen) atoms. The number of unbranched alkanes of at least 4 members (excludes halogenated alkanes) is 2. The highest BCUT2D eigenvalue weighted by molar-refractivity contribution is 6.01. The van der Waals surface area contributed by atoms with Crippen LogP contribution in [0.5, 0.6) is 5.75 Å². The van der Waals surface area contributed by atoms with Crippen LogP contribution in [0, 0.1) is 29.6 Å². The maximum absolute atomic E-state index is 13.6. The van der Waals surface area contributed by atoms with Gasteiger partial charge in [0.25, 0.3) is 5.91 Å². The number of nitrogens with one attached hydrogen (secondary N) is 3. The number of alkyl halides is 3. The number of H-pyrrole nitrogens is 1. The van der Waals surface area contributed by atoms with E-state index in [1.165, 1.54) is 37.5 Å². The maximum Gasteiger partial charge on any atom is 0.417 e. The highest BCUT2D eigenvalue weighted by atomic mass is 19.4. The van der Waals surface area contributed by atoms with Crippen molar-refractivity contribution in [2.24, 2.45) is 0 Å². The molecule has 0 radical (unpaired) electrons. The molecule has 0 saturated carbocycles. The third kappa shape index (κ3) is 8.88. The first kappa shape index (κ1) is 38.8. The van der Waals surface area contributed by atoms with Crippen LogP contribution in [-0.2, 0) is 20.5 Å². The number of benzene rings is 2. The molecule has 2 amide bonds. The molecule has 6 rings (SSSR count). The fourth-order valence-corrected chi connectivity index (χ4v) is 5.80. The molecule has 286 valence electrons. The summed E-state index contributed by atoms with van der Waals surface area (Å²) in [5.41, 5.74) is -0.681. The summed E-state index contributed by atoms with van der Waals surface area (Å²) in [6, 6.07) is 16.2. The van der Waals surface area contributed by atoms with Gasteiger partial charge in [0.05, 0.1) is 47.3 Å². The number of carbonyl (C=O) groups excluding carboxylic acids is 2. The third-order valence-corrected chi connectivity index (χ3v) is 8.87. The molecular weight excluding hydrogens is 731 g/mol. The van der Waals surface area contributed by atoms with Gasteiger partial charge in [-0.2, -0.15) is 28.8 Å². The van der Waals surface area contributed by atoms with Gasteiger partial charge in [0.15, 0.2) is 23.1 Å². The van der Waals surface area contributed by atoms with Crippen LogP contribution in [0.25, 0.3) is 22.8 Å². The van der Waals surface area contributed by atoms with Crippen molar-refractivity contribution in [2.75, 3.05) is 41.8 Å². The van der Waals surface area contributed by atoms with Crippen molar-refractivity contribution in [3.63, 3.8) is 0 Å². The molecule has 0 bridgehead atoms. The molecule has 1 atom stereocenters. The van der Waals surface area contributed by atoms with E-state index in [-0.39, 0.29) is 31.4 Å². The number of ether oxygens (including phenoxy) is 2. The van der Waals surface area contributed by atoms with E-state index in [0.717, 1.165) is 11.6 Å². The lowest BCUT2D eigenvalue weighted by molar-refractivity contribution is -0.143. The van der Waals surface area contributed by atoms with Crippen molar-refractivity contribution < 1.29 is 32.2 Å². The molecule has 4 heterocycles. The van der Waals surface area contributed by atoms with Gasteiger partial charge in [0.1, 0.15) is 24.4 Å². The minimum atomic E-state index is -4.82. The Morgan fingerprint density at radius 1 is 1.00 bits per heavy atom. The number of hydrogen-bond acceptors (Lipinski definition) is 12. The van der Waals surface area contributed by atoms with Crippen molar-refractivity contribution in [2.45, 2.75) is 44.9 Å². The van der Waals surface area contributed by atoms with E-state index in [0.29, 0.717) is 77.7 Å². The average molecular weight is 766 g/mol. The van der Waals surface area contributed by atoms with Crippen molar-refractivity contribution in [3.8, 4) is 40.7 Å². The number of halogens is 3. The number of carbonyl (C=O) groups is 2. The molecule has 0 unspecified atom stereocenters. The van der Waals surface area contributed by atoms with Gasteiger partial charge in [0, 0.05) is 30.1 Å². The maximum atomic E-state index is 13.6. The number of aryl methyl sites for hydroxylation is 1. The van der Waals surface area contributed by atoms with Crippen LogP contribution in [0.3, 0.4) is 0 Å². The molecule has 18 heteroatoms. The Labute approximate surface area is 318 Å². The fraction of sp³-hybridized carbons (Fsp3) is 0.289. The summed E-state index contributed by atoms with van der Waals surface area (Å²) < 4.78 is 52.7. The summed E-state index contributed by atoms with van der Waals surface area (Å²) in [4.78, 5) is 46.3. The molecular formula is C38H34F3N11O4. The van der Waals surface area contributed by atoms with Gasteiger partial charge in [-0.15, -0.1) is 0 Å². The van der Waals surface area contributed by atoms with E-state index >= 15 is 0 Å². The SMILES string of the molecule is Cc1nc(-c2ncn[nH]2)ccc1-c1cnc2c(n1)N(CCCCCO[C@@](C)(COc1ccc(C#N)cc1)C(=O)Nc1ccc(C#N)c(C(F)(F)F)c1)C(=O)CN2. The Morgan fingerprint density at radius 2 is 1.80 bits per heavy atom. The molecule has 1 aliphatic heterocycles. The van der Waals surface area contributed by atoms with Crippen LogP contribution in [0.15, 0.2) is 67.1 Å². The minimum absolute atomic E-state index is 0.0486. The van der Waals surface area contributed by atoms with Gasteiger partial charge in [-0.1, -0.05) is 0 Å². The minimum Gasteiger partial charge on any atom is -0.490 e. The number of nitriles is 2. The number of fused-ring (bicyclic) bond motifs is 1. The number of amides is 2. The zero-order valence-corrected chi connectivity index (χ0v) is 30.1. The Balaban J connectivity index is 1.10.